The zero-order valence-corrected chi connectivity index (χ0v) is 16.2. The van der Waals surface area contributed by atoms with Gasteiger partial charge in [0.05, 0.1) is 28.9 Å². The van der Waals surface area contributed by atoms with Gasteiger partial charge in [-0.25, -0.2) is 14.2 Å². The van der Waals surface area contributed by atoms with E-state index < -0.39 is 6.09 Å². The Balaban J connectivity index is 1.58. The summed E-state index contributed by atoms with van der Waals surface area (Å²) in [4.78, 5) is 18.1. The first kappa shape index (κ1) is 17.5. The molecule has 9 nitrogen and oxygen atoms in total. The molecule has 2 atom stereocenters. The van der Waals surface area contributed by atoms with E-state index in [1.54, 1.807) is 6.33 Å². The topological polar surface area (TPSA) is 105 Å². The molecule has 2 aromatic rings. The largest absolute Gasteiger partial charge is 0.465 e. The Labute approximate surface area is 158 Å². The lowest BCUT2D eigenvalue weighted by atomic mass is 9.73. The van der Waals surface area contributed by atoms with Crippen molar-refractivity contribution in [3.63, 3.8) is 0 Å². The van der Waals surface area contributed by atoms with E-state index in [0.29, 0.717) is 6.61 Å². The van der Waals surface area contributed by atoms with E-state index in [1.807, 2.05) is 18.2 Å². The zero-order valence-electron chi connectivity index (χ0n) is 14.6. The lowest BCUT2D eigenvalue weighted by molar-refractivity contribution is 0.0970. The molecule has 0 saturated carbocycles. The molecular formula is C16H21BrN6O3. The van der Waals surface area contributed by atoms with Crippen molar-refractivity contribution >= 4 is 33.6 Å². The SMILES string of the molecule is Cc1nc(N2CCC3(CC2)COC(C)C3NC(=O)O)n2cnnc2c1Br. The number of amides is 1. The van der Waals surface area contributed by atoms with Gasteiger partial charge in [0.25, 0.3) is 0 Å². The van der Waals surface area contributed by atoms with Crippen molar-refractivity contribution in [2.24, 2.45) is 5.41 Å². The Bertz CT molecular complexity index is 848. The Morgan fingerprint density at radius 3 is 2.88 bits per heavy atom. The third-order valence-corrected chi connectivity index (χ3v) is 6.56. The minimum absolute atomic E-state index is 0.116. The summed E-state index contributed by atoms with van der Waals surface area (Å²) in [5.41, 5.74) is 1.45. The summed E-state index contributed by atoms with van der Waals surface area (Å²) in [6, 6.07) is -0.184. The highest BCUT2D eigenvalue weighted by molar-refractivity contribution is 9.10. The monoisotopic (exact) mass is 424 g/mol. The molecule has 2 unspecified atom stereocenters. The van der Waals surface area contributed by atoms with Crippen LogP contribution in [0.1, 0.15) is 25.5 Å². The van der Waals surface area contributed by atoms with Crippen LogP contribution in [0.15, 0.2) is 10.8 Å². The van der Waals surface area contributed by atoms with Gasteiger partial charge in [-0.15, -0.1) is 10.2 Å². The predicted molar refractivity (Wildman–Crippen MR) is 97.5 cm³/mol. The highest BCUT2D eigenvalue weighted by Crippen LogP contribution is 2.43. The van der Waals surface area contributed by atoms with Gasteiger partial charge in [0.1, 0.15) is 6.33 Å². The van der Waals surface area contributed by atoms with Gasteiger partial charge in [0, 0.05) is 18.5 Å². The summed E-state index contributed by atoms with van der Waals surface area (Å²) >= 11 is 3.52. The summed E-state index contributed by atoms with van der Waals surface area (Å²) in [5, 5.41) is 20.0. The first-order chi connectivity index (χ1) is 12.4. The number of ether oxygens (including phenoxy) is 1. The van der Waals surface area contributed by atoms with Crippen LogP contribution in [0.4, 0.5) is 10.7 Å². The van der Waals surface area contributed by atoms with Gasteiger partial charge in [-0.1, -0.05) is 0 Å². The van der Waals surface area contributed by atoms with E-state index in [0.717, 1.165) is 47.7 Å². The number of anilines is 1. The molecule has 0 aliphatic carbocycles. The number of carboxylic acid groups (broad SMARTS) is 1. The van der Waals surface area contributed by atoms with E-state index >= 15 is 0 Å². The number of halogens is 1. The number of rotatable bonds is 2. The predicted octanol–water partition coefficient (Wildman–Crippen LogP) is 1.84. The van der Waals surface area contributed by atoms with Crippen molar-refractivity contribution < 1.29 is 14.6 Å². The Morgan fingerprint density at radius 1 is 1.46 bits per heavy atom. The Morgan fingerprint density at radius 2 is 2.19 bits per heavy atom. The molecule has 2 fully saturated rings. The number of piperidine rings is 1. The minimum Gasteiger partial charge on any atom is -0.465 e. The van der Waals surface area contributed by atoms with Gasteiger partial charge >= 0.3 is 6.09 Å². The maximum atomic E-state index is 11.2. The molecule has 2 N–H and O–H groups in total. The normalized spacial score (nSPS) is 25.1. The smallest absolute Gasteiger partial charge is 0.404 e. The fraction of sp³-hybridized carbons (Fsp3) is 0.625. The molecule has 1 amide bonds. The molecule has 26 heavy (non-hydrogen) atoms. The molecule has 0 radical (unpaired) electrons. The van der Waals surface area contributed by atoms with E-state index in [1.165, 1.54) is 0 Å². The van der Waals surface area contributed by atoms with Crippen LogP contribution in [0, 0.1) is 12.3 Å². The summed E-state index contributed by atoms with van der Waals surface area (Å²) in [5.74, 6) is 0.815. The molecule has 0 bridgehead atoms. The highest BCUT2D eigenvalue weighted by Gasteiger charge is 2.50. The van der Waals surface area contributed by atoms with Crippen molar-refractivity contribution in [2.75, 3.05) is 24.6 Å². The Kier molecular flexibility index (Phi) is 4.26. The molecule has 2 aromatic heterocycles. The van der Waals surface area contributed by atoms with Gasteiger partial charge in [-0.3, -0.25) is 0 Å². The number of aromatic nitrogens is 4. The van der Waals surface area contributed by atoms with Gasteiger partial charge in [0.2, 0.25) is 5.95 Å². The second kappa shape index (κ2) is 6.34. The fourth-order valence-electron chi connectivity index (χ4n) is 4.16. The fourth-order valence-corrected chi connectivity index (χ4v) is 4.52. The minimum atomic E-state index is -0.995. The second-order valence-corrected chi connectivity index (χ2v) is 7.92. The molecule has 2 aliphatic rings. The average Bonchev–Trinajstić information content (AvgIpc) is 3.20. The van der Waals surface area contributed by atoms with Crippen molar-refractivity contribution in [1.29, 1.82) is 0 Å². The number of carbonyl (C=O) groups is 1. The number of nitrogens with one attached hydrogen (secondary N) is 1. The van der Waals surface area contributed by atoms with Crippen molar-refractivity contribution in [2.45, 2.75) is 38.8 Å². The third-order valence-electron chi connectivity index (χ3n) is 5.63. The number of hydrogen-bond donors (Lipinski definition) is 2. The standard InChI is InChI=1S/C16H21BrN6O3/c1-9-11(17)13-21-18-8-23(13)14(19-9)22-5-3-16(4-6-22)7-26-10(2)12(16)20-15(24)25/h8,10,12,20H,3-7H2,1-2H3,(H,24,25). The van der Waals surface area contributed by atoms with Gasteiger partial charge in [-0.05, 0) is 42.6 Å². The molecule has 1 spiro atoms. The number of hydrogen-bond acceptors (Lipinski definition) is 6. The first-order valence-electron chi connectivity index (χ1n) is 8.63. The second-order valence-electron chi connectivity index (χ2n) is 7.13. The van der Waals surface area contributed by atoms with E-state index in [-0.39, 0.29) is 17.6 Å². The van der Waals surface area contributed by atoms with E-state index in [2.05, 4.69) is 36.3 Å². The molecule has 0 aromatic carbocycles. The molecule has 140 valence electrons. The molecular weight excluding hydrogens is 404 g/mol. The van der Waals surface area contributed by atoms with Crippen LogP contribution in [-0.2, 0) is 4.74 Å². The molecule has 2 saturated heterocycles. The first-order valence-corrected chi connectivity index (χ1v) is 9.42. The van der Waals surface area contributed by atoms with Crippen molar-refractivity contribution in [3.05, 3.63) is 16.5 Å². The zero-order chi connectivity index (χ0) is 18.5. The van der Waals surface area contributed by atoms with Crippen LogP contribution in [-0.4, -0.2) is 62.6 Å². The molecule has 4 heterocycles. The number of nitrogens with zero attached hydrogens (tertiary/aromatic N) is 5. The van der Waals surface area contributed by atoms with Crippen molar-refractivity contribution in [3.8, 4) is 0 Å². The van der Waals surface area contributed by atoms with Gasteiger partial charge < -0.3 is 20.1 Å². The van der Waals surface area contributed by atoms with E-state index in [4.69, 9.17) is 9.72 Å². The lowest BCUT2D eigenvalue weighted by Crippen LogP contribution is -2.54. The average molecular weight is 425 g/mol. The van der Waals surface area contributed by atoms with Crippen LogP contribution >= 0.6 is 15.9 Å². The Hall–Kier alpha value is -1.94. The maximum Gasteiger partial charge on any atom is 0.404 e. The van der Waals surface area contributed by atoms with Gasteiger partial charge in [-0.2, -0.15) is 0 Å². The molecule has 4 rings (SSSR count). The lowest BCUT2D eigenvalue weighted by Gasteiger charge is -2.42. The molecule has 10 heteroatoms. The quantitative estimate of drug-likeness (QED) is 0.757. The summed E-state index contributed by atoms with van der Waals surface area (Å²) in [6.07, 6.45) is 2.23. The van der Waals surface area contributed by atoms with Crippen molar-refractivity contribution in [1.82, 2.24) is 24.9 Å². The third kappa shape index (κ3) is 2.71. The van der Waals surface area contributed by atoms with Crippen LogP contribution < -0.4 is 10.2 Å². The van der Waals surface area contributed by atoms with Gasteiger partial charge in [0.15, 0.2) is 5.65 Å². The van der Waals surface area contributed by atoms with Crippen LogP contribution in [0.5, 0.6) is 0 Å². The van der Waals surface area contributed by atoms with Crippen LogP contribution in [0.2, 0.25) is 0 Å². The molecule has 2 aliphatic heterocycles. The van der Waals surface area contributed by atoms with Crippen LogP contribution in [0.25, 0.3) is 5.65 Å². The van der Waals surface area contributed by atoms with Crippen LogP contribution in [0.3, 0.4) is 0 Å². The number of fused-ring (bicyclic) bond motifs is 1. The number of aryl methyl sites for hydroxylation is 1. The maximum absolute atomic E-state index is 11.2. The van der Waals surface area contributed by atoms with E-state index in [9.17, 15) is 9.90 Å². The summed E-state index contributed by atoms with van der Waals surface area (Å²) < 4.78 is 8.53. The summed E-state index contributed by atoms with van der Waals surface area (Å²) in [7, 11) is 0. The summed E-state index contributed by atoms with van der Waals surface area (Å²) in [6.45, 7) is 6.00. The highest BCUT2D eigenvalue weighted by atomic mass is 79.9.